The number of amides is 3. The van der Waals surface area contributed by atoms with E-state index in [4.69, 9.17) is 11.5 Å². The summed E-state index contributed by atoms with van der Waals surface area (Å²) in [5.41, 5.74) is 9.95. The Morgan fingerprint density at radius 2 is 1.58 bits per heavy atom. The summed E-state index contributed by atoms with van der Waals surface area (Å²) in [4.78, 5) is 34.9. The molecule has 5 N–H and O–H groups in total. The summed E-state index contributed by atoms with van der Waals surface area (Å²) < 4.78 is 0. The third-order valence-electron chi connectivity index (χ3n) is 2.84. The average molecular weight is 271 g/mol. The van der Waals surface area contributed by atoms with Crippen LogP contribution in [0.1, 0.15) is 41.0 Å². The molecule has 19 heavy (non-hydrogen) atoms. The molecule has 0 saturated carbocycles. The summed E-state index contributed by atoms with van der Waals surface area (Å²) in [6.45, 7) is 9.13. The molecule has 0 saturated heterocycles. The first-order valence-electron chi connectivity index (χ1n) is 6.34. The minimum absolute atomic E-state index is 0.0561. The Morgan fingerprint density at radius 3 is 1.84 bits per heavy atom. The molecule has 0 rings (SSSR count). The zero-order chi connectivity index (χ0) is 15.4. The first-order chi connectivity index (χ1) is 8.46. The number of primary amides is 2. The SMILES string of the molecule is CC(C)NC(=O)[C@@H](C(CC(N)=O)C(N)=O)C(C)(C)C. The Balaban J connectivity index is 5.37. The van der Waals surface area contributed by atoms with Gasteiger partial charge in [0, 0.05) is 12.5 Å². The van der Waals surface area contributed by atoms with E-state index in [-0.39, 0.29) is 18.4 Å². The number of carbonyl (C=O) groups is 3. The number of hydrogen-bond acceptors (Lipinski definition) is 3. The molecule has 0 spiro atoms. The minimum Gasteiger partial charge on any atom is -0.370 e. The summed E-state index contributed by atoms with van der Waals surface area (Å²) in [6, 6.07) is -0.0561. The van der Waals surface area contributed by atoms with Crippen LogP contribution in [0.15, 0.2) is 0 Å². The Labute approximate surface area is 114 Å². The van der Waals surface area contributed by atoms with Gasteiger partial charge in [-0.1, -0.05) is 20.8 Å². The van der Waals surface area contributed by atoms with Crippen LogP contribution in [0.2, 0.25) is 0 Å². The Kier molecular flexibility index (Phi) is 5.99. The second-order valence-electron chi connectivity index (χ2n) is 6.19. The van der Waals surface area contributed by atoms with Crippen molar-refractivity contribution < 1.29 is 14.4 Å². The van der Waals surface area contributed by atoms with Crippen LogP contribution in [-0.4, -0.2) is 23.8 Å². The van der Waals surface area contributed by atoms with Crippen molar-refractivity contribution in [1.29, 1.82) is 0 Å². The lowest BCUT2D eigenvalue weighted by atomic mass is 9.71. The first-order valence-corrected chi connectivity index (χ1v) is 6.34. The van der Waals surface area contributed by atoms with Crippen LogP contribution in [0.4, 0.5) is 0 Å². The lowest BCUT2D eigenvalue weighted by molar-refractivity contribution is -0.139. The molecule has 0 aromatic rings. The van der Waals surface area contributed by atoms with E-state index < -0.39 is 29.1 Å². The van der Waals surface area contributed by atoms with Gasteiger partial charge in [-0.05, 0) is 19.3 Å². The minimum atomic E-state index is -0.892. The van der Waals surface area contributed by atoms with Crippen LogP contribution in [0, 0.1) is 17.3 Å². The highest BCUT2D eigenvalue weighted by Gasteiger charge is 2.41. The van der Waals surface area contributed by atoms with Crippen molar-refractivity contribution in [2.24, 2.45) is 28.7 Å². The molecule has 0 aliphatic heterocycles. The van der Waals surface area contributed by atoms with Crippen molar-refractivity contribution in [3.05, 3.63) is 0 Å². The van der Waals surface area contributed by atoms with Gasteiger partial charge in [-0.3, -0.25) is 14.4 Å². The van der Waals surface area contributed by atoms with Crippen molar-refractivity contribution in [3.63, 3.8) is 0 Å². The van der Waals surface area contributed by atoms with Crippen molar-refractivity contribution in [3.8, 4) is 0 Å². The van der Waals surface area contributed by atoms with E-state index in [0.29, 0.717) is 0 Å². The monoisotopic (exact) mass is 271 g/mol. The van der Waals surface area contributed by atoms with Gasteiger partial charge in [0.2, 0.25) is 17.7 Å². The molecule has 0 aromatic heterocycles. The molecule has 2 atom stereocenters. The molecule has 0 aliphatic carbocycles. The quantitative estimate of drug-likeness (QED) is 0.638. The van der Waals surface area contributed by atoms with Gasteiger partial charge in [-0.2, -0.15) is 0 Å². The summed E-state index contributed by atoms with van der Waals surface area (Å²) >= 11 is 0. The summed E-state index contributed by atoms with van der Waals surface area (Å²) in [5, 5.41) is 2.76. The van der Waals surface area contributed by atoms with Gasteiger partial charge in [0.15, 0.2) is 0 Å². The van der Waals surface area contributed by atoms with Crippen molar-refractivity contribution in [2.75, 3.05) is 0 Å². The van der Waals surface area contributed by atoms with Crippen LogP contribution < -0.4 is 16.8 Å². The van der Waals surface area contributed by atoms with E-state index in [9.17, 15) is 14.4 Å². The van der Waals surface area contributed by atoms with Crippen LogP contribution >= 0.6 is 0 Å². The molecule has 0 heterocycles. The van der Waals surface area contributed by atoms with Gasteiger partial charge in [0.05, 0.1) is 11.8 Å². The zero-order valence-corrected chi connectivity index (χ0v) is 12.3. The fourth-order valence-corrected chi connectivity index (χ4v) is 2.15. The maximum atomic E-state index is 12.3. The maximum Gasteiger partial charge on any atom is 0.224 e. The molecule has 0 aromatic carbocycles. The second-order valence-corrected chi connectivity index (χ2v) is 6.19. The summed E-state index contributed by atoms with van der Waals surface area (Å²) in [6.07, 6.45) is -0.219. The largest absolute Gasteiger partial charge is 0.370 e. The standard InChI is InChI=1S/C13H25N3O3/c1-7(2)16-12(19)10(13(3,4)5)8(11(15)18)6-9(14)17/h7-8,10H,6H2,1-5H3,(H2,14,17)(H2,15,18)(H,16,19)/t8?,10-/m1/s1. The predicted molar refractivity (Wildman–Crippen MR) is 72.7 cm³/mol. The van der Waals surface area contributed by atoms with Crippen molar-refractivity contribution in [1.82, 2.24) is 5.32 Å². The van der Waals surface area contributed by atoms with Crippen LogP contribution in [0.25, 0.3) is 0 Å². The molecule has 3 amide bonds. The molecule has 1 unspecified atom stereocenters. The summed E-state index contributed by atoms with van der Waals surface area (Å²) in [5.74, 6) is -3.20. The first kappa shape index (κ1) is 17.4. The number of hydrogen-bond donors (Lipinski definition) is 3. The maximum absolute atomic E-state index is 12.3. The molecule has 0 fully saturated rings. The number of carbonyl (C=O) groups excluding carboxylic acids is 3. The van der Waals surface area contributed by atoms with E-state index in [1.165, 1.54) is 0 Å². The van der Waals surface area contributed by atoms with Crippen LogP contribution in [-0.2, 0) is 14.4 Å². The van der Waals surface area contributed by atoms with Gasteiger partial charge >= 0.3 is 0 Å². The molecule has 6 heteroatoms. The van der Waals surface area contributed by atoms with Crippen molar-refractivity contribution in [2.45, 2.75) is 47.1 Å². The van der Waals surface area contributed by atoms with Gasteiger partial charge in [-0.25, -0.2) is 0 Å². The number of nitrogens with two attached hydrogens (primary N) is 2. The van der Waals surface area contributed by atoms with E-state index >= 15 is 0 Å². The smallest absolute Gasteiger partial charge is 0.224 e. The van der Waals surface area contributed by atoms with E-state index in [1.54, 1.807) is 0 Å². The number of nitrogens with one attached hydrogen (secondary N) is 1. The van der Waals surface area contributed by atoms with Gasteiger partial charge in [0.25, 0.3) is 0 Å². The normalized spacial score (nSPS) is 14.8. The fourth-order valence-electron chi connectivity index (χ4n) is 2.15. The van der Waals surface area contributed by atoms with Crippen molar-refractivity contribution >= 4 is 17.7 Å². The average Bonchev–Trinajstić information content (AvgIpc) is 2.11. The molecule has 0 radical (unpaired) electrons. The van der Waals surface area contributed by atoms with Gasteiger partial charge < -0.3 is 16.8 Å². The molecule has 0 aliphatic rings. The third-order valence-corrected chi connectivity index (χ3v) is 2.84. The third kappa shape index (κ3) is 5.72. The summed E-state index contributed by atoms with van der Waals surface area (Å²) in [7, 11) is 0. The molecule has 0 bridgehead atoms. The highest BCUT2D eigenvalue weighted by atomic mass is 16.2. The molecular weight excluding hydrogens is 246 g/mol. The highest BCUT2D eigenvalue weighted by Crippen LogP contribution is 2.34. The Morgan fingerprint density at radius 1 is 1.11 bits per heavy atom. The zero-order valence-electron chi connectivity index (χ0n) is 12.3. The molecule has 110 valence electrons. The second kappa shape index (κ2) is 6.54. The molecule has 6 nitrogen and oxygen atoms in total. The lowest BCUT2D eigenvalue weighted by Crippen LogP contribution is -2.49. The van der Waals surface area contributed by atoms with Gasteiger partial charge in [0.1, 0.15) is 0 Å². The highest BCUT2D eigenvalue weighted by molar-refractivity contribution is 5.90. The van der Waals surface area contributed by atoms with E-state index in [1.807, 2.05) is 34.6 Å². The Hall–Kier alpha value is -1.59. The predicted octanol–water partition coefficient (Wildman–Crippen LogP) is 0.150. The fraction of sp³-hybridized carbons (Fsp3) is 0.769. The van der Waals surface area contributed by atoms with Gasteiger partial charge in [-0.15, -0.1) is 0 Å². The van der Waals surface area contributed by atoms with E-state index in [2.05, 4.69) is 5.32 Å². The number of rotatable bonds is 6. The Bertz CT molecular complexity index is 359. The topological polar surface area (TPSA) is 115 Å². The van der Waals surface area contributed by atoms with Crippen LogP contribution in [0.5, 0.6) is 0 Å². The molecular formula is C13H25N3O3. The van der Waals surface area contributed by atoms with Crippen LogP contribution in [0.3, 0.4) is 0 Å². The lowest BCUT2D eigenvalue weighted by Gasteiger charge is -2.34. The van der Waals surface area contributed by atoms with E-state index in [0.717, 1.165) is 0 Å².